The lowest BCUT2D eigenvalue weighted by Gasteiger charge is -2.08. The van der Waals surface area contributed by atoms with Crippen LogP contribution in [0.3, 0.4) is 0 Å². The maximum atomic E-state index is 12.8. The molecule has 0 fully saturated rings. The van der Waals surface area contributed by atoms with Crippen LogP contribution in [0.5, 0.6) is 0 Å². The minimum absolute atomic E-state index is 0.121. The van der Waals surface area contributed by atoms with Crippen LogP contribution in [-0.2, 0) is 13.1 Å². The number of benzene rings is 1. The summed E-state index contributed by atoms with van der Waals surface area (Å²) in [5.74, 6) is -0.131. The number of aromatic nitrogens is 4. The highest BCUT2D eigenvalue weighted by Gasteiger charge is 2.21. The van der Waals surface area contributed by atoms with Gasteiger partial charge in [0, 0.05) is 0 Å². The van der Waals surface area contributed by atoms with Gasteiger partial charge in [-0.15, -0.1) is 0 Å². The minimum atomic E-state index is -0.578. The number of nitrogens with zero attached hydrogens (tertiary/aromatic N) is 5. The molecule has 0 radical (unpaired) electrons. The maximum Gasteiger partial charge on any atom is 0.404 e. The Balaban J connectivity index is 1.47. The largest absolute Gasteiger partial charge is 0.454 e. The Bertz CT molecular complexity index is 1350. The van der Waals surface area contributed by atoms with Gasteiger partial charge in [0.05, 0.1) is 34.9 Å². The van der Waals surface area contributed by atoms with E-state index in [1.165, 1.54) is 16.4 Å². The second-order valence-electron chi connectivity index (χ2n) is 7.61. The van der Waals surface area contributed by atoms with Crippen molar-refractivity contribution >= 4 is 33.3 Å². The second kappa shape index (κ2) is 9.02. The summed E-state index contributed by atoms with van der Waals surface area (Å²) in [7, 11) is 0. The summed E-state index contributed by atoms with van der Waals surface area (Å²) in [6.45, 7) is 6.55. The van der Waals surface area contributed by atoms with Crippen molar-refractivity contribution in [2.45, 2.75) is 33.9 Å². The van der Waals surface area contributed by atoms with Crippen LogP contribution >= 0.6 is 15.9 Å². The van der Waals surface area contributed by atoms with Crippen molar-refractivity contribution in [2.75, 3.05) is 5.32 Å². The molecule has 4 aromatic rings. The van der Waals surface area contributed by atoms with Gasteiger partial charge in [-0.25, -0.2) is 0 Å². The number of furan rings is 1. The number of rotatable bonds is 7. The fourth-order valence-corrected chi connectivity index (χ4v) is 3.95. The molecule has 0 atom stereocenters. The van der Waals surface area contributed by atoms with Crippen LogP contribution in [0, 0.1) is 30.9 Å². The van der Waals surface area contributed by atoms with Crippen molar-refractivity contribution < 1.29 is 14.1 Å². The van der Waals surface area contributed by atoms with E-state index in [0.29, 0.717) is 23.7 Å². The molecular formula is C22H21BrN6O4. The lowest BCUT2D eigenvalue weighted by atomic mass is 10.1. The number of halogens is 1. The van der Waals surface area contributed by atoms with Gasteiger partial charge in [0.25, 0.3) is 5.91 Å². The monoisotopic (exact) mass is 512 g/mol. The topological polar surface area (TPSA) is 121 Å². The molecule has 0 unspecified atom stereocenters. The number of nitro groups is 1. The van der Waals surface area contributed by atoms with Crippen molar-refractivity contribution in [1.82, 2.24) is 19.6 Å². The molecule has 1 amide bonds. The first-order valence-electron chi connectivity index (χ1n) is 10.1. The molecule has 1 aromatic carbocycles. The highest BCUT2D eigenvalue weighted by Crippen LogP contribution is 2.24. The fourth-order valence-electron chi connectivity index (χ4n) is 3.49. The molecule has 0 spiro atoms. The van der Waals surface area contributed by atoms with Gasteiger partial charge in [-0.05, 0) is 64.9 Å². The van der Waals surface area contributed by atoms with Crippen molar-refractivity contribution in [3.05, 3.63) is 91.2 Å². The number of carbonyl (C=O) groups is 1. The Hall–Kier alpha value is -3.73. The Morgan fingerprint density at radius 2 is 1.91 bits per heavy atom. The summed E-state index contributed by atoms with van der Waals surface area (Å²) in [4.78, 5) is 23.2. The molecule has 0 aliphatic heterocycles. The van der Waals surface area contributed by atoms with E-state index < -0.39 is 10.8 Å². The Labute approximate surface area is 197 Å². The van der Waals surface area contributed by atoms with Gasteiger partial charge < -0.3 is 19.8 Å². The molecule has 0 aliphatic rings. The highest BCUT2D eigenvalue weighted by atomic mass is 79.9. The first-order chi connectivity index (χ1) is 15.7. The van der Waals surface area contributed by atoms with Gasteiger partial charge >= 0.3 is 5.82 Å². The molecule has 10 nitrogen and oxygen atoms in total. The molecule has 4 rings (SSSR count). The Morgan fingerprint density at radius 1 is 1.15 bits per heavy atom. The van der Waals surface area contributed by atoms with E-state index in [0.717, 1.165) is 11.3 Å². The molecule has 3 heterocycles. The van der Waals surface area contributed by atoms with Crippen molar-refractivity contribution in [1.29, 1.82) is 0 Å². The third-order valence-corrected chi connectivity index (χ3v) is 5.84. The average Bonchev–Trinajstić information content (AvgIpc) is 3.44. The van der Waals surface area contributed by atoms with Crippen LogP contribution in [0.2, 0.25) is 0 Å². The Kier molecular flexibility index (Phi) is 6.14. The van der Waals surface area contributed by atoms with Crippen molar-refractivity contribution in [2.24, 2.45) is 0 Å². The highest BCUT2D eigenvalue weighted by molar-refractivity contribution is 9.10. The number of amides is 1. The van der Waals surface area contributed by atoms with Crippen LogP contribution in [0.15, 0.2) is 51.5 Å². The summed E-state index contributed by atoms with van der Waals surface area (Å²) in [5.41, 5.74) is 4.51. The average molecular weight is 513 g/mol. The van der Waals surface area contributed by atoms with E-state index in [1.54, 1.807) is 12.1 Å². The molecule has 11 heteroatoms. The number of aryl methyl sites for hydroxylation is 2. The lowest BCUT2D eigenvalue weighted by Crippen LogP contribution is -2.12. The maximum absolute atomic E-state index is 12.8. The molecule has 170 valence electrons. The predicted octanol–water partition coefficient (Wildman–Crippen LogP) is 4.62. The third kappa shape index (κ3) is 4.72. The van der Waals surface area contributed by atoms with Crippen molar-refractivity contribution in [3.63, 3.8) is 0 Å². The summed E-state index contributed by atoms with van der Waals surface area (Å²) in [6.07, 6.45) is 1.48. The number of hydrogen-bond acceptors (Lipinski definition) is 6. The van der Waals surface area contributed by atoms with Crippen LogP contribution in [0.1, 0.15) is 38.8 Å². The van der Waals surface area contributed by atoms with E-state index in [2.05, 4.69) is 50.5 Å². The number of nitrogens with one attached hydrogen (secondary N) is 1. The zero-order valence-corrected chi connectivity index (χ0v) is 19.8. The molecular weight excluding hydrogens is 492 g/mol. The minimum Gasteiger partial charge on any atom is -0.454 e. The van der Waals surface area contributed by atoms with Crippen LogP contribution in [0.25, 0.3) is 0 Å². The standard InChI is InChI=1S/C22H21BrN6O4/c1-13-6-4-5-7-16(13)10-28-15(3)20(14(2)25-28)24-22(30)19-9-8-17(33-19)11-27-12-18(23)21(26-27)29(31)32/h4-9,12H,10-11H2,1-3H3,(H,24,30). The van der Waals surface area contributed by atoms with E-state index in [4.69, 9.17) is 4.42 Å². The predicted molar refractivity (Wildman–Crippen MR) is 124 cm³/mol. The molecule has 3 aromatic heterocycles. The van der Waals surface area contributed by atoms with Gasteiger partial charge in [-0.3, -0.25) is 9.48 Å². The van der Waals surface area contributed by atoms with Crippen LogP contribution in [0.4, 0.5) is 11.5 Å². The summed E-state index contributed by atoms with van der Waals surface area (Å²) >= 11 is 3.11. The quantitative estimate of drug-likeness (QED) is 0.285. The first kappa shape index (κ1) is 22.5. The van der Waals surface area contributed by atoms with Gasteiger partial charge in [-0.1, -0.05) is 24.3 Å². The fraction of sp³-hybridized carbons (Fsp3) is 0.227. The smallest absolute Gasteiger partial charge is 0.404 e. The zero-order valence-electron chi connectivity index (χ0n) is 18.2. The normalized spacial score (nSPS) is 11.0. The van der Waals surface area contributed by atoms with Crippen LogP contribution < -0.4 is 5.32 Å². The van der Waals surface area contributed by atoms with Gasteiger partial charge in [0.15, 0.2) is 5.76 Å². The molecule has 33 heavy (non-hydrogen) atoms. The Morgan fingerprint density at radius 3 is 2.61 bits per heavy atom. The molecule has 0 saturated carbocycles. The number of hydrogen-bond donors (Lipinski definition) is 1. The summed E-state index contributed by atoms with van der Waals surface area (Å²) in [5, 5.41) is 22.3. The second-order valence-corrected chi connectivity index (χ2v) is 8.46. The number of carbonyl (C=O) groups excluding carboxylic acids is 1. The van der Waals surface area contributed by atoms with E-state index in [1.807, 2.05) is 30.7 Å². The SMILES string of the molecule is Cc1ccccc1Cn1nc(C)c(NC(=O)c2ccc(Cn3cc(Br)c([N+](=O)[O-])n3)o2)c1C. The van der Waals surface area contributed by atoms with Crippen molar-refractivity contribution in [3.8, 4) is 0 Å². The number of anilines is 1. The molecule has 0 aliphatic carbocycles. The molecule has 0 bridgehead atoms. The zero-order chi connectivity index (χ0) is 23.7. The molecule has 0 saturated heterocycles. The summed E-state index contributed by atoms with van der Waals surface area (Å²) < 4.78 is 9.15. The van der Waals surface area contributed by atoms with Gasteiger partial charge in [-0.2, -0.15) is 9.78 Å². The third-order valence-electron chi connectivity index (χ3n) is 5.28. The van der Waals surface area contributed by atoms with E-state index in [9.17, 15) is 14.9 Å². The van der Waals surface area contributed by atoms with Gasteiger partial charge in [0.2, 0.25) is 0 Å². The van der Waals surface area contributed by atoms with Crippen LogP contribution in [-0.4, -0.2) is 30.4 Å². The van der Waals surface area contributed by atoms with E-state index in [-0.39, 0.29) is 22.6 Å². The lowest BCUT2D eigenvalue weighted by molar-refractivity contribution is -0.390. The molecule has 1 N–H and O–H groups in total. The summed E-state index contributed by atoms with van der Waals surface area (Å²) in [6, 6.07) is 11.3. The first-order valence-corrected chi connectivity index (χ1v) is 10.9. The van der Waals surface area contributed by atoms with Gasteiger partial charge in [0.1, 0.15) is 16.8 Å². The van der Waals surface area contributed by atoms with E-state index >= 15 is 0 Å².